The fourth-order valence-electron chi connectivity index (χ4n) is 1.51. The molecule has 1 aromatic carbocycles. The molecule has 16 heavy (non-hydrogen) atoms. The van der Waals surface area contributed by atoms with E-state index in [1.54, 1.807) is 0 Å². The maximum Gasteiger partial charge on any atom is 0.0648 e. The summed E-state index contributed by atoms with van der Waals surface area (Å²) in [7, 11) is 0. The van der Waals surface area contributed by atoms with Crippen molar-refractivity contribution in [1.29, 1.82) is 0 Å². The van der Waals surface area contributed by atoms with E-state index in [9.17, 15) is 10.2 Å². The summed E-state index contributed by atoms with van der Waals surface area (Å²) >= 11 is 3.35. The standard InChI is InChI=1S/C12H17BrO3/c1-2-16-9-12(7-14,8-15)10-3-5-11(13)6-4-10/h3-6,14-15H,2,7-9H2,1H3. The molecule has 0 aliphatic heterocycles. The van der Waals surface area contributed by atoms with Crippen molar-refractivity contribution >= 4 is 15.9 Å². The van der Waals surface area contributed by atoms with Gasteiger partial charge in [0.25, 0.3) is 0 Å². The Hall–Kier alpha value is -0.420. The van der Waals surface area contributed by atoms with E-state index in [-0.39, 0.29) is 13.2 Å². The van der Waals surface area contributed by atoms with Gasteiger partial charge in [-0.25, -0.2) is 0 Å². The number of hydrogen-bond donors (Lipinski definition) is 2. The van der Waals surface area contributed by atoms with Crippen LogP contribution in [0.1, 0.15) is 12.5 Å². The molecule has 4 heteroatoms. The number of aliphatic hydroxyl groups excluding tert-OH is 2. The first kappa shape index (κ1) is 13.6. The van der Waals surface area contributed by atoms with Crippen LogP contribution in [0.25, 0.3) is 0 Å². The molecule has 0 bridgehead atoms. The summed E-state index contributed by atoms with van der Waals surface area (Å²) in [6.07, 6.45) is 0. The van der Waals surface area contributed by atoms with Gasteiger partial charge in [0.2, 0.25) is 0 Å². The van der Waals surface area contributed by atoms with Crippen molar-refractivity contribution < 1.29 is 14.9 Å². The first-order valence-corrected chi connectivity index (χ1v) is 6.03. The van der Waals surface area contributed by atoms with E-state index in [0.29, 0.717) is 13.2 Å². The van der Waals surface area contributed by atoms with Crippen molar-refractivity contribution in [2.24, 2.45) is 0 Å². The molecule has 0 aliphatic rings. The SMILES string of the molecule is CCOCC(CO)(CO)c1ccc(Br)cc1. The van der Waals surface area contributed by atoms with Crippen LogP contribution in [-0.2, 0) is 10.2 Å². The molecule has 1 rings (SSSR count). The lowest BCUT2D eigenvalue weighted by molar-refractivity contribution is 0.0248. The first-order valence-electron chi connectivity index (χ1n) is 5.24. The zero-order valence-electron chi connectivity index (χ0n) is 9.32. The molecule has 0 heterocycles. The van der Waals surface area contributed by atoms with Gasteiger partial charge in [0.1, 0.15) is 0 Å². The zero-order chi connectivity index (χ0) is 12.0. The molecule has 90 valence electrons. The Morgan fingerprint density at radius 1 is 1.19 bits per heavy atom. The van der Waals surface area contributed by atoms with Crippen molar-refractivity contribution in [2.75, 3.05) is 26.4 Å². The highest BCUT2D eigenvalue weighted by Gasteiger charge is 2.31. The summed E-state index contributed by atoms with van der Waals surface area (Å²) in [4.78, 5) is 0. The second-order valence-electron chi connectivity index (χ2n) is 3.74. The van der Waals surface area contributed by atoms with Gasteiger partial charge in [-0.05, 0) is 24.6 Å². The van der Waals surface area contributed by atoms with Gasteiger partial charge in [0.05, 0.1) is 25.2 Å². The largest absolute Gasteiger partial charge is 0.395 e. The molecule has 0 unspecified atom stereocenters. The highest BCUT2D eigenvalue weighted by Crippen LogP contribution is 2.25. The summed E-state index contributed by atoms with van der Waals surface area (Å²) < 4.78 is 6.30. The molecule has 0 saturated carbocycles. The Bertz CT molecular complexity index is 307. The number of ether oxygens (including phenoxy) is 1. The molecule has 0 spiro atoms. The fourth-order valence-corrected chi connectivity index (χ4v) is 1.77. The highest BCUT2D eigenvalue weighted by molar-refractivity contribution is 9.10. The van der Waals surface area contributed by atoms with E-state index in [2.05, 4.69) is 15.9 Å². The Balaban J connectivity index is 2.95. The van der Waals surface area contributed by atoms with E-state index >= 15 is 0 Å². The van der Waals surface area contributed by atoms with E-state index in [0.717, 1.165) is 10.0 Å². The Morgan fingerprint density at radius 3 is 2.19 bits per heavy atom. The van der Waals surface area contributed by atoms with Crippen molar-refractivity contribution in [3.8, 4) is 0 Å². The third kappa shape index (κ3) is 3.04. The second-order valence-corrected chi connectivity index (χ2v) is 4.66. The number of rotatable bonds is 6. The third-order valence-electron chi connectivity index (χ3n) is 2.64. The van der Waals surface area contributed by atoms with Gasteiger partial charge in [-0.3, -0.25) is 0 Å². The van der Waals surface area contributed by atoms with E-state index in [1.807, 2.05) is 31.2 Å². The molecule has 0 fully saturated rings. The molecule has 0 radical (unpaired) electrons. The van der Waals surface area contributed by atoms with Crippen LogP contribution in [0.4, 0.5) is 0 Å². The summed E-state index contributed by atoms with van der Waals surface area (Å²) in [5.74, 6) is 0. The minimum atomic E-state index is -0.712. The summed E-state index contributed by atoms with van der Waals surface area (Å²) in [5, 5.41) is 18.9. The normalized spacial score (nSPS) is 11.8. The van der Waals surface area contributed by atoms with Crippen LogP contribution in [0, 0.1) is 0 Å². The average molecular weight is 289 g/mol. The highest BCUT2D eigenvalue weighted by atomic mass is 79.9. The number of benzene rings is 1. The van der Waals surface area contributed by atoms with Gasteiger partial charge in [-0.2, -0.15) is 0 Å². The lowest BCUT2D eigenvalue weighted by Crippen LogP contribution is -2.39. The maximum absolute atomic E-state index is 9.47. The molecular formula is C12H17BrO3. The van der Waals surface area contributed by atoms with Gasteiger partial charge in [-0.15, -0.1) is 0 Å². The molecule has 0 atom stereocenters. The predicted molar refractivity (Wildman–Crippen MR) is 66.5 cm³/mol. The minimum absolute atomic E-state index is 0.134. The smallest absolute Gasteiger partial charge is 0.0648 e. The number of aliphatic hydroxyl groups is 2. The van der Waals surface area contributed by atoms with Crippen molar-refractivity contribution in [3.63, 3.8) is 0 Å². The van der Waals surface area contributed by atoms with Crippen LogP contribution in [0.15, 0.2) is 28.7 Å². The van der Waals surface area contributed by atoms with Crippen LogP contribution in [0.3, 0.4) is 0 Å². The van der Waals surface area contributed by atoms with E-state index in [4.69, 9.17) is 4.74 Å². The predicted octanol–water partition coefficient (Wildman–Crippen LogP) is 1.71. The van der Waals surface area contributed by atoms with Gasteiger partial charge < -0.3 is 14.9 Å². The van der Waals surface area contributed by atoms with E-state index < -0.39 is 5.41 Å². The minimum Gasteiger partial charge on any atom is -0.395 e. The van der Waals surface area contributed by atoms with E-state index in [1.165, 1.54) is 0 Å². The number of halogens is 1. The topological polar surface area (TPSA) is 49.7 Å². The van der Waals surface area contributed by atoms with Gasteiger partial charge >= 0.3 is 0 Å². The van der Waals surface area contributed by atoms with Crippen molar-refractivity contribution in [2.45, 2.75) is 12.3 Å². The van der Waals surface area contributed by atoms with Gasteiger partial charge in [0.15, 0.2) is 0 Å². The summed E-state index contributed by atoms with van der Waals surface area (Å²) in [6.45, 7) is 2.51. The Kier molecular flexibility index (Phi) is 5.41. The third-order valence-corrected chi connectivity index (χ3v) is 3.17. The molecule has 1 aromatic rings. The Labute approximate surface area is 104 Å². The summed E-state index contributed by atoms with van der Waals surface area (Å²) in [5.41, 5.74) is 0.172. The van der Waals surface area contributed by atoms with Crippen LogP contribution >= 0.6 is 15.9 Å². The van der Waals surface area contributed by atoms with Crippen LogP contribution in [-0.4, -0.2) is 36.6 Å². The maximum atomic E-state index is 9.47. The average Bonchev–Trinajstić information content (AvgIpc) is 2.33. The lowest BCUT2D eigenvalue weighted by atomic mass is 9.83. The monoisotopic (exact) mass is 288 g/mol. The zero-order valence-corrected chi connectivity index (χ0v) is 10.9. The molecule has 0 saturated heterocycles. The summed E-state index contributed by atoms with van der Waals surface area (Å²) in [6, 6.07) is 7.55. The quantitative estimate of drug-likeness (QED) is 0.838. The second kappa shape index (κ2) is 6.35. The lowest BCUT2D eigenvalue weighted by Gasteiger charge is -2.30. The molecular weight excluding hydrogens is 272 g/mol. The molecule has 0 aliphatic carbocycles. The Morgan fingerprint density at radius 2 is 1.75 bits per heavy atom. The number of hydrogen-bond acceptors (Lipinski definition) is 3. The fraction of sp³-hybridized carbons (Fsp3) is 0.500. The van der Waals surface area contributed by atoms with Crippen LogP contribution in [0.2, 0.25) is 0 Å². The van der Waals surface area contributed by atoms with Crippen molar-refractivity contribution in [1.82, 2.24) is 0 Å². The molecule has 3 nitrogen and oxygen atoms in total. The molecule has 0 amide bonds. The van der Waals surface area contributed by atoms with Crippen LogP contribution < -0.4 is 0 Å². The van der Waals surface area contributed by atoms with Crippen molar-refractivity contribution in [3.05, 3.63) is 34.3 Å². The first-order chi connectivity index (χ1) is 7.68. The van der Waals surface area contributed by atoms with Gasteiger partial charge in [-0.1, -0.05) is 28.1 Å². The van der Waals surface area contributed by atoms with Crippen LogP contribution in [0.5, 0.6) is 0 Å². The molecule has 0 aromatic heterocycles. The van der Waals surface area contributed by atoms with Gasteiger partial charge in [0, 0.05) is 11.1 Å². The molecule has 2 N–H and O–H groups in total.